The predicted octanol–water partition coefficient (Wildman–Crippen LogP) is 2.19. The van der Waals surface area contributed by atoms with Gasteiger partial charge in [-0.05, 0) is 12.1 Å². The molecule has 118 valence electrons. The van der Waals surface area contributed by atoms with Crippen molar-refractivity contribution in [3.05, 3.63) is 36.7 Å². The molecule has 0 saturated carbocycles. The summed E-state index contributed by atoms with van der Waals surface area (Å²) in [5.74, 6) is 1.46. The Morgan fingerprint density at radius 1 is 0.727 bits per heavy atom. The quantitative estimate of drug-likeness (QED) is 0.662. The first-order chi connectivity index (χ1) is 10.8. The molecule has 0 spiro atoms. The van der Waals surface area contributed by atoms with Crippen LogP contribution in [-0.2, 0) is 9.47 Å². The number of methoxy groups -OCH3 is 2. The Bertz CT molecular complexity index is 526. The molecule has 0 fully saturated rings. The largest absolute Gasteiger partial charge is 0.491 e. The maximum absolute atomic E-state index is 5.58. The molecule has 0 atom stereocenters. The van der Waals surface area contributed by atoms with Crippen LogP contribution < -0.4 is 9.47 Å². The Morgan fingerprint density at radius 3 is 1.59 bits per heavy atom. The lowest BCUT2D eigenvalue weighted by molar-refractivity contribution is 0.146. The van der Waals surface area contributed by atoms with Crippen molar-refractivity contribution in [1.29, 1.82) is 0 Å². The van der Waals surface area contributed by atoms with E-state index in [1.807, 2.05) is 12.1 Å². The van der Waals surface area contributed by atoms with Crippen molar-refractivity contribution >= 4 is 0 Å². The third-order valence-corrected chi connectivity index (χ3v) is 2.84. The minimum Gasteiger partial charge on any atom is -0.491 e. The molecule has 2 rings (SSSR count). The van der Waals surface area contributed by atoms with Crippen molar-refractivity contribution in [2.45, 2.75) is 0 Å². The molecule has 2 aromatic heterocycles. The summed E-state index contributed by atoms with van der Waals surface area (Å²) in [7, 11) is 3.28. The average molecular weight is 304 g/mol. The average Bonchev–Trinajstić information content (AvgIpc) is 2.56. The molecule has 0 radical (unpaired) electrons. The summed E-state index contributed by atoms with van der Waals surface area (Å²) in [5, 5.41) is 0. The first-order valence-corrected chi connectivity index (χ1v) is 6.99. The van der Waals surface area contributed by atoms with Crippen LogP contribution >= 0.6 is 0 Å². The van der Waals surface area contributed by atoms with Crippen molar-refractivity contribution < 1.29 is 18.9 Å². The lowest BCUT2D eigenvalue weighted by Gasteiger charge is -2.08. The zero-order chi connectivity index (χ0) is 15.6. The summed E-state index contributed by atoms with van der Waals surface area (Å²) in [4.78, 5) is 8.64. The Balaban J connectivity index is 2.07. The minimum atomic E-state index is 0.494. The summed E-state index contributed by atoms with van der Waals surface area (Å²) in [5.41, 5.74) is 1.46. The van der Waals surface area contributed by atoms with Crippen LogP contribution in [0, 0.1) is 0 Å². The highest BCUT2D eigenvalue weighted by atomic mass is 16.5. The van der Waals surface area contributed by atoms with E-state index in [1.165, 1.54) is 0 Å². The van der Waals surface area contributed by atoms with E-state index in [0.717, 1.165) is 22.9 Å². The van der Waals surface area contributed by atoms with Crippen LogP contribution in [0.4, 0.5) is 0 Å². The molecule has 0 aliphatic heterocycles. The van der Waals surface area contributed by atoms with Crippen LogP contribution in [-0.4, -0.2) is 50.6 Å². The molecule has 0 saturated heterocycles. The number of rotatable bonds is 9. The number of pyridine rings is 2. The topological polar surface area (TPSA) is 62.7 Å². The molecule has 2 heterocycles. The fraction of sp³-hybridized carbons (Fsp3) is 0.375. The van der Waals surface area contributed by atoms with Crippen molar-refractivity contribution in [2.24, 2.45) is 0 Å². The predicted molar refractivity (Wildman–Crippen MR) is 82.2 cm³/mol. The number of hydrogen-bond acceptors (Lipinski definition) is 6. The van der Waals surface area contributed by atoms with E-state index in [2.05, 4.69) is 9.97 Å². The van der Waals surface area contributed by atoms with E-state index in [4.69, 9.17) is 18.9 Å². The van der Waals surface area contributed by atoms with E-state index < -0.39 is 0 Å². The van der Waals surface area contributed by atoms with Gasteiger partial charge in [-0.3, -0.25) is 9.97 Å². The molecule has 0 aromatic carbocycles. The molecule has 0 unspecified atom stereocenters. The Kier molecular flexibility index (Phi) is 6.60. The molecular weight excluding hydrogens is 284 g/mol. The second-order valence-electron chi connectivity index (χ2n) is 4.44. The fourth-order valence-electron chi connectivity index (χ4n) is 1.77. The SMILES string of the molecule is COCCOc1ccnc(-c2cc(OCCOC)ccn2)c1. The van der Waals surface area contributed by atoms with Crippen molar-refractivity contribution in [3.8, 4) is 22.9 Å². The monoisotopic (exact) mass is 304 g/mol. The third kappa shape index (κ3) is 4.98. The van der Waals surface area contributed by atoms with E-state index in [1.54, 1.807) is 38.7 Å². The highest BCUT2D eigenvalue weighted by Gasteiger charge is 2.05. The Morgan fingerprint density at radius 2 is 1.18 bits per heavy atom. The molecule has 6 nitrogen and oxygen atoms in total. The standard InChI is InChI=1S/C16H20N2O4/c1-19-7-9-21-13-3-5-17-15(11-13)16-12-14(4-6-18-16)22-10-8-20-2/h3-6,11-12H,7-10H2,1-2H3. The van der Waals surface area contributed by atoms with Crippen LogP contribution in [0.15, 0.2) is 36.7 Å². The van der Waals surface area contributed by atoms with Crippen LogP contribution in [0.1, 0.15) is 0 Å². The van der Waals surface area contributed by atoms with E-state index in [9.17, 15) is 0 Å². The van der Waals surface area contributed by atoms with Gasteiger partial charge in [0.25, 0.3) is 0 Å². The van der Waals surface area contributed by atoms with Gasteiger partial charge in [0.15, 0.2) is 0 Å². The number of ether oxygens (including phenoxy) is 4. The molecular formula is C16H20N2O4. The van der Waals surface area contributed by atoms with Gasteiger partial charge >= 0.3 is 0 Å². The first-order valence-electron chi connectivity index (χ1n) is 6.99. The normalized spacial score (nSPS) is 10.5. The molecule has 0 bridgehead atoms. The maximum atomic E-state index is 5.58. The second kappa shape index (κ2) is 8.96. The highest BCUT2D eigenvalue weighted by Crippen LogP contribution is 2.22. The Labute approximate surface area is 130 Å². The summed E-state index contributed by atoms with van der Waals surface area (Å²) in [6.07, 6.45) is 3.38. The van der Waals surface area contributed by atoms with Gasteiger partial charge in [0.1, 0.15) is 24.7 Å². The number of hydrogen-bond donors (Lipinski definition) is 0. The van der Waals surface area contributed by atoms with E-state index >= 15 is 0 Å². The second-order valence-corrected chi connectivity index (χ2v) is 4.44. The summed E-state index contributed by atoms with van der Waals surface area (Å²) in [6.45, 7) is 2.07. The first kappa shape index (κ1) is 16.2. The van der Waals surface area contributed by atoms with Crippen LogP contribution in [0.3, 0.4) is 0 Å². The van der Waals surface area contributed by atoms with Gasteiger partial charge in [0, 0.05) is 38.7 Å². The maximum Gasteiger partial charge on any atom is 0.123 e. The van der Waals surface area contributed by atoms with Gasteiger partial charge in [-0.1, -0.05) is 0 Å². The lowest BCUT2D eigenvalue weighted by Crippen LogP contribution is -2.05. The van der Waals surface area contributed by atoms with Crippen LogP contribution in [0.2, 0.25) is 0 Å². The summed E-state index contributed by atoms with van der Waals surface area (Å²) >= 11 is 0. The number of nitrogens with zero attached hydrogens (tertiary/aromatic N) is 2. The fourth-order valence-corrected chi connectivity index (χ4v) is 1.77. The Hall–Kier alpha value is -2.18. The van der Waals surface area contributed by atoms with Gasteiger partial charge in [-0.15, -0.1) is 0 Å². The van der Waals surface area contributed by atoms with Crippen molar-refractivity contribution in [2.75, 3.05) is 40.6 Å². The zero-order valence-electron chi connectivity index (χ0n) is 12.8. The zero-order valence-corrected chi connectivity index (χ0v) is 12.8. The summed E-state index contributed by atoms with van der Waals surface area (Å²) in [6, 6.07) is 7.30. The van der Waals surface area contributed by atoms with Gasteiger partial charge in [-0.2, -0.15) is 0 Å². The van der Waals surface area contributed by atoms with Gasteiger partial charge < -0.3 is 18.9 Å². The van der Waals surface area contributed by atoms with Gasteiger partial charge in [0.05, 0.1) is 24.6 Å². The van der Waals surface area contributed by atoms with Gasteiger partial charge in [0.2, 0.25) is 0 Å². The molecule has 2 aromatic rings. The number of aromatic nitrogens is 2. The van der Waals surface area contributed by atoms with Crippen molar-refractivity contribution in [3.63, 3.8) is 0 Å². The van der Waals surface area contributed by atoms with Crippen LogP contribution in [0.5, 0.6) is 11.5 Å². The molecule has 0 aliphatic carbocycles. The lowest BCUT2D eigenvalue weighted by atomic mass is 10.2. The summed E-state index contributed by atoms with van der Waals surface area (Å²) < 4.78 is 21.1. The minimum absolute atomic E-state index is 0.494. The van der Waals surface area contributed by atoms with Crippen molar-refractivity contribution in [1.82, 2.24) is 9.97 Å². The smallest absolute Gasteiger partial charge is 0.123 e. The molecule has 0 N–H and O–H groups in total. The molecule has 22 heavy (non-hydrogen) atoms. The molecule has 0 aliphatic rings. The van der Waals surface area contributed by atoms with E-state index in [-0.39, 0.29) is 0 Å². The van der Waals surface area contributed by atoms with E-state index in [0.29, 0.717) is 26.4 Å². The van der Waals surface area contributed by atoms with Gasteiger partial charge in [-0.25, -0.2) is 0 Å². The third-order valence-electron chi connectivity index (χ3n) is 2.84. The highest BCUT2D eigenvalue weighted by molar-refractivity contribution is 5.57. The van der Waals surface area contributed by atoms with Crippen LogP contribution in [0.25, 0.3) is 11.4 Å². The molecule has 0 amide bonds. The molecule has 6 heteroatoms.